The molecule has 1 aliphatic heterocycles. The molecule has 0 bridgehead atoms. The van der Waals surface area contributed by atoms with Gasteiger partial charge in [0.05, 0.1) is 10.6 Å². The van der Waals surface area contributed by atoms with Crippen molar-refractivity contribution in [2.24, 2.45) is 0 Å². The summed E-state index contributed by atoms with van der Waals surface area (Å²) in [5, 5.41) is 0.303. The van der Waals surface area contributed by atoms with Gasteiger partial charge in [0.25, 0.3) is 5.91 Å². The molecule has 2 amide bonds. The molecule has 6 heteroatoms. The second-order valence-electron chi connectivity index (χ2n) is 5.45. The number of carbonyl (C=O) groups is 2. The fourth-order valence-corrected chi connectivity index (χ4v) is 2.73. The van der Waals surface area contributed by atoms with E-state index in [2.05, 4.69) is 0 Å². The molecule has 5 nitrogen and oxygen atoms in total. The fraction of sp³-hybridized carbons (Fsp3) is 0.429. The first-order chi connectivity index (χ1) is 9.26. The van der Waals surface area contributed by atoms with Crippen LogP contribution in [0.5, 0.6) is 0 Å². The molecule has 0 unspecified atom stereocenters. The van der Waals surface area contributed by atoms with Crippen LogP contribution in [-0.4, -0.2) is 47.3 Å². The van der Waals surface area contributed by atoms with Crippen LogP contribution < -0.4 is 5.73 Å². The van der Waals surface area contributed by atoms with Gasteiger partial charge in [0, 0.05) is 25.8 Å². The van der Waals surface area contributed by atoms with E-state index in [1.807, 2.05) is 0 Å². The summed E-state index contributed by atoms with van der Waals surface area (Å²) >= 11 is 6.08. The average Bonchev–Trinajstić information content (AvgIpc) is 2.35. The number of hydrogen-bond donors (Lipinski definition) is 1. The summed E-state index contributed by atoms with van der Waals surface area (Å²) in [6.07, 6.45) is 0. The second-order valence-corrected chi connectivity index (χ2v) is 5.85. The third-order valence-electron chi connectivity index (χ3n) is 3.71. The monoisotopic (exact) mass is 295 g/mol. The lowest BCUT2D eigenvalue weighted by Crippen LogP contribution is -2.63. The molecular weight excluding hydrogens is 278 g/mol. The van der Waals surface area contributed by atoms with Crippen molar-refractivity contribution < 1.29 is 9.59 Å². The number of hydrogen-bond acceptors (Lipinski definition) is 3. The number of carbonyl (C=O) groups excluding carboxylic acids is 2. The molecule has 1 fully saturated rings. The van der Waals surface area contributed by atoms with Gasteiger partial charge in [-0.15, -0.1) is 0 Å². The van der Waals surface area contributed by atoms with E-state index in [0.29, 0.717) is 23.8 Å². The summed E-state index contributed by atoms with van der Waals surface area (Å²) in [7, 11) is 1.73. The predicted octanol–water partition coefficient (Wildman–Crippen LogP) is 1.61. The molecule has 108 valence electrons. The van der Waals surface area contributed by atoms with Crippen molar-refractivity contribution in [3.05, 3.63) is 28.8 Å². The Morgan fingerprint density at radius 3 is 2.60 bits per heavy atom. The molecule has 1 aliphatic rings. The van der Waals surface area contributed by atoms with Gasteiger partial charge in [-0.2, -0.15) is 0 Å². The highest BCUT2D eigenvalue weighted by molar-refractivity contribution is 6.34. The van der Waals surface area contributed by atoms with Crippen molar-refractivity contribution in [2.45, 2.75) is 19.4 Å². The summed E-state index contributed by atoms with van der Waals surface area (Å²) in [6.45, 7) is 4.42. The molecule has 2 rings (SSSR count). The Morgan fingerprint density at radius 1 is 1.35 bits per heavy atom. The number of nitrogens with two attached hydrogens (primary N) is 1. The van der Waals surface area contributed by atoms with E-state index in [9.17, 15) is 9.59 Å². The highest BCUT2D eigenvalue weighted by Crippen LogP contribution is 2.29. The lowest BCUT2D eigenvalue weighted by atomic mass is 9.96. The van der Waals surface area contributed by atoms with Crippen molar-refractivity contribution >= 4 is 29.1 Å². The van der Waals surface area contributed by atoms with Crippen molar-refractivity contribution in [2.75, 3.05) is 25.9 Å². The van der Waals surface area contributed by atoms with Crippen molar-refractivity contribution in [1.82, 2.24) is 9.80 Å². The lowest BCUT2D eigenvalue weighted by Gasteiger charge is -2.44. The number of benzene rings is 1. The number of nitrogens with zero attached hydrogens (tertiary/aromatic N) is 2. The lowest BCUT2D eigenvalue weighted by molar-refractivity contribution is -0.144. The molecule has 0 aromatic heterocycles. The summed E-state index contributed by atoms with van der Waals surface area (Å²) in [6, 6.07) is 4.94. The van der Waals surface area contributed by atoms with E-state index >= 15 is 0 Å². The first kappa shape index (κ1) is 14.7. The number of nitrogen functional groups attached to an aromatic ring is 1. The number of halogens is 1. The minimum atomic E-state index is -0.907. The van der Waals surface area contributed by atoms with E-state index in [-0.39, 0.29) is 17.4 Å². The highest BCUT2D eigenvalue weighted by Gasteiger charge is 2.43. The Labute approximate surface area is 123 Å². The maximum Gasteiger partial charge on any atom is 0.258 e. The molecule has 1 aromatic carbocycles. The van der Waals surface area contributed by atoms with Crippen LogP contribution >= 0.6 is 11.6 Å². The predicted molar refractivity (Wildman–Crippen MR) is 78.6 cm³/mol. The molecule has 0 radical (unpaired) electrons. The normalized spacial score (nSPS) is 18.3. The maximum atomic E-state index is 12.7. The molecule has 0 spiro atoms. The van der Waals surface area contributed by atoms with Gasteiger partial charge in [-0.05, 0) is 26.0 Å². The molecule has 20 heavy (non-hydrogen) atoms. The topological polar surface area (TPSA) is 66.6 Å². The van der Waals surface area contributed by atoms with Gasteiger partial charge in [0.2, 0.25) is 5.91 Å². The van der Waals surface area contributed by atoms with E-state index in [0.717, 1.165) is 0 Å². The van der Waals surface area contributed by atoms with Gasteiger partial charge in [-0.3, -0.25) is 9.59 Å². The van der Waals surface area contributed by atoms with Gasteiger partial charge in [-0.1, -0.05) is 17.7 Å². The van der Waals surface area contributed by atoms with Gasteiger partial charge in [0.15, 0.2) is 0 Å². The van der Waals surface area contributed by atoms with Gasteiger partial charge < -0.3 is 15.5 Å². The van der Waals surface area contributed by atoms with Crippen LogP contribution in [0.4, 0.5) is 5.69 Å². The zero-order chi connectivity index (χ0) is 15.1. The van der Waals surface area contributed by atoms with Crippen LogP contribution in [0, 0.1) is 0 Å². The van der Waals surface area contributed by atoms with Crippen LogP contribution in [0.25, 0.3) is 0 Å². The summed E-state index contributed by atoms with van der Waals surface area (Å²) in [5.41, 5.74) is 5.53. The minimum absolute atomic E-state index is 0.0947. The molecule has 1 heterocycles. The smallest absolute Gasteiger partial charge is 0.258 e. The largest absolute Gasteiger partial charge is 0.398 e. The number of amides is 2. The first-order valence-corrected chi connectivity index (χ1v) is 6.76. The number of piperazine rings is 1. The third-order valence-corrected chi connectivity index (χ3v) is 4.02. The SMILES string of the molecule is CN1CCN(C(=O)c2c(N)cccc2Cl)C(C)(C)C1=O. The number of rotatable bonds is 1. The standard InChI is InChI=1S/C14H18ClN3O2/c1-14(2)13(20)17(3)7-8-18(14)12(19)11-9(15)5-4-6-10(11)16/h4-6H,7-8,16H2,1-3H3. The van der Waals surface area contributed by atoms with Crippen LogP contribution in [0.3, 0.4) is 0 Å². The number of likely N-dealkylation sites (N-methyl/N-ethyl adjacent to an activating group) is 1. The zero-order valence-electron chi connectivity index (χ0n) is 11.8. The average molecular weight is 296 g/mol. The summed E-state index contributed by atoms with van der Waals surface area (Å²) in [5.74, 6) is -0.401. The van der Waals surface area contributed by atoms with Crippen molar-refractivity contribution in [3.8, 4) is 0 Å². The molecule has 1 saturated heterocycles. The molecule has 0 saturated carbocycles. The Morgan fingerprint density at radius 2 is 2.00 bits per heavy atom. The third kappa shape index (κ3) is 2.22. The van der Waals surface area contributed by atoms with Crippen molar-refractivity contribution in [3.63, 3.8) is 0 Å². The molecule has 2 N–H and O–H groups in total. The maximum absolute atomic E-state index is 12.7. The second kappa shape index (κ2) is 4.98. The summed E-state index contributed by atoms with van der Waals surface area (Å²) in [4.78, 5) is 28.1. The molecule has 0 aliphatic carbocycles. The Hall–Kier alpha value is -1.75. The van der Waals surface area contributed by atoms with E-state index in [4.69, 9.17) is 17.3 Å². The summed E-state index contributed by atoms with van der Waals surface area (Å²) < 4.78 is 0. The van der Waals surface area contributed by atoms with Crippen LogP contribution in [0.2, 0.25) is 5.02 Å². The van der Waals surface area contributed by atoms with Crippen LogP contribution in [-0.2, 0) is 4.79 Å². The fourth-order valence-electron chi connectivity index (χ4n) is 2.47. The highest BCUT2D eigenvalue weighted by atomic mass is 35.5. The molecular formula is C14H18ClN3O2. The molecule has 1 aromatic rings. The van der Waals surface area contributed by atoms with Crippen LogP contribution in [0.1, 0.15) is 24.2 Å². The van der Waals surface area contributed by atoms with Gasteiger partial charge in [-0.25, -0.2) is 0 Å². The molecule has 0 atom stereocenters. The number of anilines is 1. The van der Waals surface area contributed by atoms with Gasteiger partial charge in [0.1, 0.15) is 5.54 Å². The van der Waals surface area contributed by atoms with E-state index in [1.165, 1.54) is 4.90 Å². The Kier molecular flexibility index (Phi) is 3.65. The van der Waals surface area contributed by atoms with E-state index in [1.54, 1.807) is 44.0 Å². The van der Waals surface area contributed by atoms with Crippen LogP contribution in [0.15, 0.2) is 18.2 Å². The van der Waals surface area contributed by atoms with E-state index < -0.39 is 5.54 Å². The van der Waals surface area contributed by atoms with Gasteiger partial charge >= 0.3 is 0 Å². The zero-order valence-corrected chi connectivity index (χ0v) is 12.6. The minimum Gasteiger partial charge on any atom is -0.398 e. The first-order valence-electron chi connectivity index (χ1n) is 6.38. The van der Waals surface area contributed by atoms with Crippen molar-refractivity contribution in [1.29, 1.82) is 0 Å². The Bertz CT molecular complexity index is 551. The quantitative estimate of drug-likeness (QED) is 0.801. The Balaban J connectivity index is 2.41.